The normalized spacial score (nSPS) is 18.7. The molecule has 0 aromatic heterocycles. The van der Waals surface area contributed by atoms with Crippen LogP contribution in [0, 0.1) is 0 Å². The molecule has 0 saturated carbocycles. The van der Waals surface area contributed by atoms with E-state index in [9.17, 15) is 5.11 Å². The molecule has 1 aliphatic rings. The quantitative estimate of drug-likeness (QED) is 0.895. The van der Waals surface area contributed by atoms with Gasteiger partial charge in [-0.05, 0) is 49.4 Å². The van der Waals surface area contributed by atoms with E-state index in [0.717, 1.165) is 31.4 Å². The minimum atomic E-state index is 0. The van der Waals surface area contributed by atoms with Gasteiger partial charge in [-0.15, -0.1) is 17.0 Å². The van der Waals surface area contributed by atoms with Crippen LogP contribution in [0.25, 0.3) is 0 Å². The number of hydrogen-bond acceptors (Lipinski definition) is 2. The zero-order chi connectivity index (χ0) is 10.7. The molecule has 1 aromatic rings. The molecule has 0 saturated heterocycles. The summed E-state index contributed by atoms with van der Waals surface area (Å²) >= 11 is 0. The second-order valence-corrected chi connectivity index (χ2v) is 4.31. The summed E-state index contributed by atoms with van der Waals surface area (Å²) < 4.78 is 0. The van der Waals surface area contributed by atoms with Crippen LogP contribution in [0.1, 0.15) is 30.9 Å². The van der Waals surface area contributed by atoms with Crippen LogP contribution in [0.4, 0.5) is 0 Å². The van der Waals surface area contributed by atoms with Crippen LogP contribution in [-0.4, -0.2) is 17.7 Å². The SMILES string of the molecule is Br.CCCN[C@H]1CCc2c(O)cccc2C1. The van der Waals surface area contributed by atoms with Crippen molar-refractivity contribution in [2.45, 2.75) is 38.6 Å². The molecule has 0 heterocycles. The predicted octanol–water partition coefficient (Wildman–Crippen LogP) is 2.83. The van der Waals surface area contributed by atoms with E-state index in [1.165, 1.54) is 12.0 Å². The maximum Gasteiger partial charge on any atom is 0.119 e. The second-order valence-electron chi connectivity index (χ2n) is 4.31. The first kappa shape index (κ1) is 13.5. The predicted molar refractivity (Wildman–Crippen MR) is 72.5 cm³/mol. The fraction of sp³-hybridized carbons (Fsp3) is 0.538. The molecule has 1 aliphatic carbocycles. The zero-order valence-electron chi connectivity index (χ0n) is 9.70. The zero-order valence-corrected chi connectivity index (χ0v) is 11.4. The molecule has 2 nitrogen and oxygen atoms in total. The van der Waals surface area contributed by atoms with Crippen molar-refractivity contribution in [3.63, 3.8) is 0 Å². The average Bonchev–Trinajstić information content (AvgIpc) is 2.26. The summed E-state index contributed by atoms with van der Waals surface area (Å²) in [7, 11) is 0. The number of rotatable bonds is 3. The van der Waals surface area contributed by atoms with E-state index in [1.54, 1.807) is 6.07 Å². The van der Waals surface area contributed by atoms with Gasteiger partial charge in [0.1, 0.15) is 5.75 Å². The molecule has 0 spiro atoms. The Hall–Kier alpha value is -0.540. The molecule has 2 rings (SSSR count). The first-order chi connectivity index (χ1) is 7.31. The average molecular weight is 286 g/mol. The number of benzene rings is 1. The lowest BCUT2D eigenvalue weighted by Gasteiger charge is -2.25. The molecule has 3 heteroatoms. The van der Waals surface area contributed by atoms with Gasteiger partial charge < -0.3 is 10.4 Å². The number of hydrogen-bond donors (Lipinski definition) is 2. The molecule has 90 valence electrons. The Labute approximate surface area is 108 Å². The minimum absolute atomic E-state index is 0. The number of fused-ring (bicyclic) bond motifs is 1. The van der Waals surface area contributed by atoms with Crippen molar-refractivity contribution in [1.82, 2.24) is 5.32 Å². The lowest BCUT2D eigenvalue weighted by molar-refractivity contribution is 0.432. The maximum absolute atomic E-state index is 9.70. The first-order valence-corrected chi connectivity index (χ1v) is 5.84. The third kappa shape index (κ3) is 2.98. The van der Waals surface area contributed by atoms with Gasteiger partial charge in [0, 0.05) is 6.04 Å². The highest BCUT2D eigenvalue weighted by molar-refractivity contribution is 8.93. The molecule has 1 atom stereocenters. The van der Waals surface area contributed by atoms with Crippen molar-refractivity contribution in [3.05, 3.63) is 29.3 Å². The van der Waals surface area contributed by atoms with Crippen molar-refractivity contribution in [2.24, 2.45) is 0 Å². The third-order valence-corrected chi connectivity index (χ3v) is 3.14. The van der Waals surface area contributed by atoms with Crippen LogP contribution >= 0.6 is 17.0 Å². The topological polar surface area (TPSA) is 32.3 Å². The molecule has 0 aliphatic heterocycles. The van der Waals surface area contributed by atoms with Gasteiger partial charge in [-0.3, -0.25) is 0 Å². The van der Waals surface area contributed by atoms with Crippen molar-refractivity contribution in [2.75, 3.05) is 6.54 Å². The van der Waals surface area contributed by atoms with Crippen LogP contribution in [0.3, 0.4) is 0 Å². The van der Waals surface area contributed by atoms with Crippen molar-refractivity contribution in [1.29, 1.82) is 0 Å². The highest BCUT2D eigenvalue weighted by atomic mass is 79.9. The molecule has 1 aromatic carbocycles. The van der Waals surface area contributed by atoms with Gasteiger partial charge >= 0.3 is 0 Å². The van der Waals surface area contributed by atoms with Crippen LogP contribution in [0.15, 0.2) is 18.2 Å². The monoisotopic (exact) mass is 285 g/mol. The number of phenolic OH excluding ortho intramolecular Hbond substituents is 1. The maximum atomic E-state index is 9.70. The van der Waals surface area contributed by atoms with Gasteiger partial charge in [-0.2, -0.15) is 0 Å². The Morgan fingerprint density at radius 3 is 3.00 bits per heavy atom. The Balaban J connectivity index is 0.00000128. The summed E-state index contributed by atoms with van der Waals surface area (Å²) in [6.45, 7) is 3.29. The Morgan fingerprint density at radius 2 is 2.25 bits per heavy atom. The molecule has 0 unspecified atom stereocenters. The first-order valence-electron chi connectivity index (χ1n) is 5.84. The smallest absolute Gasteiger partial charge is 0.119 e. The third-order valence-electron chi connectivity index (χ3n) is 3.14. The van der Waals surface area contributed by atoms with Gasteiger partial charge in [-0.25, -0.2) is 0 Å². The molecule has 0 radical (unpaired) electrons. The van der Waals surface area contributed by atoms with Crippen LogP contribution in [0.2, 0.25) is 0 Å². The van der Waals surface area contributed by atoms with Crippen molar-refractivity contribution >= 4 is 17.0 Å². The van der Waals surface area contributed by atoms with E-state index in [4.69, 9.17) is 0 Å². The molecule has 16 heavy (non-hydrogen) atoms. The number of halogens is 1. The minimum Gasteiger partial charge on any atom is -0.508 e. The van der Waals surface area contributed by atoms with Crippen LogP contribution in [0.5, 0.6) is 5.75 Å². The Bertz CT molecular complexity index is 341. The molecule has 2 N–H and O–H groups in total. The summed E-state index contributed by atoms with van der Waals surface area (Å²) in [4.78, 5) is 0. The summed E-state index contributed by atoms with van der Waals surface area (Å²) in [5, 5.41) is 13.2. The molecule has 0 fully saturated rings. The summed E-state index contributed by atoms with van der Waals surface area (Å²) in [5.41, 5.74) is 2.47. The standard InChI is InChI=1S/C13H19NO.BrH/c1-2-8-14-11-6-7-12-10(9-11)4-3-5-13(12)15;/h3-5,11,14-15H,2,6-9H2,1H3;1H/t11-;/m0./s1. The fourth-order valence-corrected chi connectivity index (χ4v) is 2.31. The van der Waals surface area contributed by atoms with E-state index >= 15 is 0 Å². The van der Waals surface area contributed by atoms with Crippen molar-refractivity contribution < 1.29 is 5.11 Å². The highest BCUT2D eigenvalue weighted by Gasteiger charge is 2.19. The number of aromatic hydroxyl groups is 1. The van der Waals surface area contributed by atoms with E-state index in [-0.39, 0.29) is 17.0 Å². The molecule has 0 amide bonds. The lowest BCUT2D eigenvalue weighted by atomic mass is 9.87. The summed E-state index contributed by atoms with van der Waals surface area (Å²) in [5.74, 6) is 0.474. The van der Waals surface area contributed by atoms with E-state index in [1.807, 2.05) is 6.07 Å². The van der Waals surface area contributed by atoms with Crippen molar-refractivity contribution in [3.8, 4) is 5.75 Å². The fourth-order valence-electron chi connectivity index (χ4n) is 2.31. The van der Waals surface area contributed by atoms with Gasteiger partial charge in [-0.1, -0.05) is 19.1 Å². The second kappa shape index (κ2) is 6.26. The van der Waals surface area contributed by atoms with E-state index in [2.05, 4.69) is 18.3 Å². The summed E-state index contributed by atoms with van der Waals surface area (Å²) in [6.07, 6.45) is 4.39. The van der Waals surface area contributed by atoms with Crippen LogP contribution in [-0.2, 0) is 12.8 Å². The highest BCUT2D eigenvalue weighted by Crippen LogP contribution is 2.28. The van der Waals surface area contributed by atoms with Gasteiger partial charge in [0.15, 0.2) is 0 Å². The van der Waals surface area contributed by atoms with Gasteiger partial charge in [0.25, 0.3) is 0 Å². The van der Waals surface area contributed by atoms with Gasteiger partial charge in [0.2, 0.25) is 0 Å². The molecular weight excluding hydrogens is 266 g/mol. The van der Waals surface area contributed by atoms with E-state index in [0.29, 0.717) is 11.8 Å². The Kier molecular flexibility index (Phi) is 5.29. The van der Waals surface area contributed by atoms with E-state index < -0.39 is 0 Å². The molecular formula is C13H20BrNO. The molecule has 0 bridgehead atoms. The number of phenols is 1. The van der Waals surface area contributed by atoms with Gasteiger partial charge in [0.05, 0.1) is 0 Å². The largest absolute Gasteiger partial charge is 0.508 e. The Morgan fingerprint density at radius 1 is 1.44 bits per heavy atom. The lowest BCUT2D eigenvalue weighted by Crippen LogP contribution is -2.34. The van der Waals surface area contributed by atoms with Crippen LogP contribution < -0.4 is 5.32 Å². The number of nitrogens with one attached hydrogen (secondary N) is 1. The summed E-state index contributed by atoms with van der Waals surface area (Å²) in [6, 6.07) is 6.46.